The summed E-state index contributed by atoms with van der Waals surface area (Å²) in [4.78, 5) is 11.0. The van der Waals surface area contributed by atoms with Crippen LogP contribution in [-0.2, 0) is 23.7 Å². The molecule has 0 rings (SSSR count). The Bertz CT molecular complexity index is 208. The van der Waals surface area contributed by atoms with Crippen molar-refractivity contribution >= 4 is 5.97 Å². The molecule has 120 valence electrons. The van der Waals surface area contributed by atoms with Crippen molar-refractivity contribution in [1.82, 2.24) is 0 Å². The van der Waals surface area contributed by atoms with Crippen LogP contribution >= 0.6 is 0 Å². The highest BCUT2D eigenvalue weighted by Crippen LogP contribution is 2.00. The first-order valence-corrected chi connectivity index (χ1v) is 7.67. The number of carbonyl (C=O) groups excluding carboxylic acids is 1. The van der Waals surface area contributed by atoms with Crippen molar-refractivity contribution in [3.63, 3.8) is 0 Å². The molecule has 0 bridgehead atoms. The van der Waals surface area contributed by atoms with Gasteiger partial charge in [-0.2, -0.15) is 0 Å². The van der Waals surface area contributed by atoms with Crippen LogP contribution in [0, 0.1) is 0 Å². The van der Waals surface area contributed by atoms with E-state index in [9.17, 15) is 4.79 Å². The molecule has 5 nitrogen and oxygen atoms in total. The molecular weight excluding hydrogens is 260 g/mol. The van der Waals surface area contributed by atoms with Gasteiger partial charge in [0, 0.05) is 19.6 Å². The molecule has 20 heavy (non-hydrogen) atoms. The predicted molar refractivity (Wildman–Crippen MR) is 77.6 cm³/mol. The highest BCUT2D eigenvalue weighted by molar-refractivity contribution is 5.68. The van der Waals surface area contributed by atoms with Crippen LogP contribution in [0.25, 0.3) is 0 Å². The van der Waals surface area contributed by atoms with E-state index in [2.05, 4.69) is 13.8 Å². The van der Waals surface area contributed by atoms with Gasteiger partial charge in [-0.1, -0.05) is 33.6 Å². The number of hydrogen-bond acceptors (Lipinski definition) is 5. The Morgan fingerprint density at radius 3 is 1.95 bits per heavy atom. The third kappa shape index (κ3) is 12.4. The summed E-state index contributed by atoms with van der Waals surface area (Å²) in [7, 11) is 0. The van der Waals surface area contributed by atoms with Crippen LogP contribution in [0.1, 0.15) is 52.9 Å². The lowest BCUT2D eigenvalue weighted by Gasteiger charge is -2.18. The molecule has 0 heterocycles. The van der Waals surface area contributed by atoms with Gasteiger partial charge in [0.15, 0.2) is 6.79 Å². The van der Waals surface area contributed by atoms with Crippen LogP contribution in [0.4, 0.5) is 0 Å². The fourth-order valence-electron chi connectivity index (χ4n) is 1.36. The second kappa shape index (κ2) is 14.8. The number of hydrogen-bond donors (Lipinski definition) is 0. The van der Waals surface area contributed by atoms with Crippen LogP contribution in [0.3, 0.4) is 0 Å². The van der Waals surface area contributed by atoms with Gasteiger partial charge in [-0.25, -0.2) is 0 Å². The Morgan fingerprint density at radius 2 is 1.50 bits per heavy atom. The maximum absolute atomic E-state index is 11.0. The number of carbonyl (C=O) groups is 1. The van der Waals surface area contributed by atoms with Gasteiger partial charge in [0.1, 0.15) is 6.10 Å². The maximum atomic E-state index is 11.0. The van der Waals surface area contributed by atoms with Crippen LogP contribution < -0.4 is 0 Å². The Kier molecular flexibility index (Phi) is 14.3. The number of rotatable bonds is 14. The molecule has 0 unspecified atom stereocenters. The van der Waals surface area contributed by atoms with Gasteiger partial charge in [-0.3, -0.25) is 4.79 Å². The first-order valence-electron chi connectivity index (χ1n) is 7.67. The number of esters is 1. The Hall–Kier alpha value is -0.650. The van der Waals surface area contributed by atoms with Gasteiger partial charge >= 0.3 is 5.97 Å². The molecule has 0 N–H and O–H groups in total. The molecule has 0 aliphatic carbocycles. The lowest BCUT2D eigenvalue weighted by molar-refractivity contribution is -0.167. The van der Waals surface area contributed by atoms with Crippen molar-refractivity contribution in [1.29, 1.82) is 0 Å². The van der Waals surface area contributed by atoms with E-state index in [-0.39, 0.29) is 18.9 Å². The highest BCUT2D eigenvalue weighted by atomic mass is 16.7. The van der Waals surface area contributed by atoms with Crippen LogP contribution in [-0.4, -0.2) is 45.3 Å². The van der Waals surface area contributed by atoms with Crippen molar-refractivity contribution in [3.8, 4) is 0 Å². The van der Waals surface area contributed by atoms with E-state index < -0.39 is 0 Å². The van der Waals surface area contributed by atoms with Crippen molar-refractivity contribution in [3.05, 3.63) is 0 Å². The van der Waals surface area contributed by atoms with Gasteiger partial charge in [0.05, 0.1) is 13.2 Å². The zero-order valence-corrected chi connectivity index (χ0v) is 13.2. The maximum Gasteiger partial charge on any atom is 0.307 e. The summed E-state index contributed by atoms with van der Waals surface area (Å²) in [5.74, 6) is -0.262. The Morgan fingerprint density at radius 1 is 0.950 bits per heavy atom. The standard InChI is InChI=1S/C15H30O5/c1-4-7-9-17-11-14(12-18-10-8-5-2)19-13-20-15(16)6-3/h14H,4-13H2,1-3H3. The topological polar surface area (TPSA) is 54.0 Å². The largest absolute Gasteiger partial charge is 0.438 e. The lowest BCUT2D eigenvalue weighted by atomic mass is 10.3. The minimum absolute atomic E-state index is 0.0361. The second-order valence-electron chi connectivity index (χ2n) is 4.63. The van der Waals surface area contributed by atoms with Crippen molar-refractivity contribution < 1.29 is 23.7 Å². The molecule has 0 saturated heterocycles. The zero-order chi connectivity index (χ0) is 15.1. The molecule has 0 amide bonds. The molecule has 5 heteroatoms. The minimum atomic E-state index is -0.262. The lowest BCUT2D eigenvalue weighted by Crippen LogP contribution is -2.28. The van der Waals surface area contributed by atoms with Gasteiger partial charge in [0.2, 0.25) is 0 Å². The van der Waals surface area contributed by atoms with E-state index in [0.29, 0.717) is 19.6 Å². The SMILES string of the molecule is CCCCOCC(COCCCC)OCOC(=O)CC. The van der Waals surface area contributed by atoms with Gasteiger partial charge in [0.25, 0.3) is 0 Å². The van der Waals surface area contributed by atoms with Crippen LogP contribution in [0.5, 0.6) is 0 Å². The molecule has 0 aliphatic rings. The molecule has 0 spiro atoms. The fraction of sp³-hybridized carbons (Fsp3) is 0.933. The van der Waals surface area contributed by atoms with Crippen LogP contribution in [0.15, 0.2) is 0 Å². The van der Waals surface area contributed by atoms with Gasteiger partial charge in [-0.05, 0) is 12.8 Å². The molecule has 0 aromatic heterocycles. The fourth-order valence-corrected chi connectivity index (χ4v) is 1.36. The summed E-state index contributed by atoms with van der Waals surface area (Å²) in [5, 5.41) is 0. The summed E-state index contributed by atoms with van der Waals surface area (Å²) in [6, 6.07) is 0. The summed E-state index contributed by atoms with van der Waals surface area (Å²) < 4.78 is 21.4. The Labute approximate surface area is 122 Å². The zero-order valence-electron chi connectivity index (χ0n) is 13.2. The molecule has 0 saturated carbocycles. The molecule has 0 aromatic rings. The summed E-state index contributed by atoms with van der Waals surface area (Å²) in [6.07, 6.45) is 4.45. The Balaban J connectivity index is 3.81. The quantitative estimate of drug-likeness (QED) is 0.280. The second-order valence-corrected chi connectivity index (χ2v) is 4.63. The molecule has 0 radical (unpaired) electrons. The van der Waals surface area contributed by atoms with E-state index in [1.165, 1.54) is 0 Å². The summed E-state index contributed by atoms with van der Waals surface area (Å²) in [6.45, 7) is 8.34. The van der Waals surface area contributed by atoms with E-state index in [0.717, 1.165) is 38.9 Å². The predicted octanol–water partition coefficient (Wildman–Crippen LogP) is 2.92. The van der Waals surface area contributed by atoms with Gasteiger partial charge in [-0.15, -0.1) is 0 Å². The van der Waals surface area contributed by atoms with Crippen molar-refractivity contribution in [2.45, 2.75) is 59.0 Å². The molecule has 0 aromatic carbocycles. The first kappa shape index (κ1) is 19.4. The molecule has 0 fully saturated rings. The van der Waals surface area contributed by atoms with Crippen molar-refractivity contribution in [2.24, 2.45) is 0 Å². The van der Waals surface area contributed by atoms with E-state index >= 15 is 0 Å². The normalized spacial score (nSPS) is 11.0. The van der Waals surface area contributed by atoms with Crippen molar-refractivity contribution in [2.75, 3.05) is 33.2 Å². The number of ether oxygens (including phenoxy) is 4. The first-order chi connectivity index (χ1) is 9.74. The third-order valence-electron chi connectivity index (χ3n) is 2.70. The van der Waals surface area contributed by atoms with Gasteiger partial charge < -0.3 is 18.9 Å². The van der Waals surface area contributed by atoms with E-state index in [1.54, 1.807) is 6.92 Å². The number of unbranched alkanes of at least 4 members (excludes halogenated alkanes) is 2. The summed E-state index contributed by atoms with van der Waals surface area (Å²) >= 11 is 0. The van der Waals surface area contributed by atoms with Crippen LogP contribution in [0.2, 0.25) is 0 Å². The average Bonchev–Trinajstić information content (AvgIpc) is 2.47. The highest BCUT2D eigenvalue weighted by Gasteiger charge is 2.11. The summed E-state index contributed by atoms with van der Waals surface area (Å²) in [5.41, 5.74) is 0. The molecule has 0 atom stereocenters. The van der Waals surface area contributed by atoms with E-state index in [1.807, 2.05) is 0 Å². The minimum Gasteiger partial charge on any atom is -0.438 e. The smallest absolute Gasteiger partial charge is 0.307 e. The monoisotopic (exact) mass is 290 g/mol. The van der Waals surface area contributed by atoms with E-state index in [4.69, 9.17) is 18.9 Å². The molecule has 0 aliphatic heterocycles. The average molecular weight is 290 g/mol. The third-order valence-corrected chi connectivity index (χ3v) is 2.70. The molecular formula is C15H30O5.